The van der Waals surface area contributed by atoms with Crippen LogP contribution in [0, 0.1) is 50.2 Å². The van der Waals surface area contributed by atoms with Gasteiger partial charge >= 0.3 is 5.97 Å². The minimum atomic E-state index is -1.42. The molecule has 4 fully saturated rings. The Morgan fingerprint density at radius 2 is 1.46 bits per heavy atom. The van der Waals surface area contributed by atoms with Crippen molar-refractivity contribution in [3.8, 4) is 0 Å². The molecule has 5 aliphatic rings. The third-order valence-electron chi connectivity index (χ3n) is 13.4. The summed E-state index contributed by atoms with van der Waals surface area (Å²) in [6.45, 7) is 14.3. The third kappa shape index (κ3) is 2.99. The first-order chi connectivity index (χ1) is 16.8. The van der Waals surface area contributed by atoms with E-state index in [0.717, 1.165) is 18.4 Å². The Kier molecular flexibility index (Phi) is 5.82. The second-order valence-corrected chi connectivity index (χ2v) is 15.3. The molecule has 0 aromatic heterocycles. The monoisotopic (exact) mass is 520 g/mol. The molecule has 7 nitrogen and oxygen atoms in total. The molecule has 0 aliphatic heterocycles. The average molecular weight is 521 g/mol. The largest absolute Gasteiger partial charge is 0.481 e. The molecule has 5 aliphatic carbocycles. The molecule has 6 N–H and O–H groups in total. The number of carbonyl (C=O) groups is 1. The maximum Gasteiger partial charge on any atom is 0.312 e. The summed E-state index contributed by atoms with van der Waals surface area (Å²) in [6.07, 6.45) is 0.00444. The summed E-state index contributed by atoms with van der Waals surface area (Å²) in [7, 11) is 0. The second kappa shape index (κ2) is 7.81. The van der Waals surface area contributed by atoms with Crippen molar-refractivity contribution in [1.29, 1.82) is 0 Å². The van der Waals surface area contributed by atoms with Crippen molar-refractivity contribution in [2.75, 3.05) is 0 Å². The molecule has 4 saturated carbocycles. The standard InChI is InChI=1S/C30H48O7/c1-25(2)12-13-30(24(36)37)18(31)14-28(6)15(19(30)21(25)33)8-9-17-27(28,5)11-10-16-26(3,4)22(34)20(32)23(35)29(16,17)7/h8,16-23,31-35H,9-14H2,1-7H3,(H,36,37)/t16-,17-,18-,19+,20-,21+,22-,23+,27+,28+,29-,30-/m0/s1. The molecule has 7 heteroatoms. The van der Waals surface area contributed by atoms with E-state index in [2.05, 4.69) is 26.8 Å². The number of hydrogen-bond donors (Lipinski definition) is 6. The fourth-order valence-electron chi connectivity index (χ4n) is 10.8. The Morgan fingerprint density at radius 1 is 0.838 bits per heavy atom. The summed E-state index contributed by atoms with van der Waals surface area (Å²) < 4.78 is 0. The topological polar surface area (TPSA) is 138 Å². The summed E-state index contributed by atoms with van der Waals surface area (Å²) in [5.74, 6) is -1.80. The van der Waals surface area contributed by atoms with Crippen LogP contribution in [-0.4, -0.2) is 67.1 Å². The maximum absolute atomic E-state index is 12.9. The molecule has 0 aromatic carbocycles. The van der Waals surface area contributed by atoms with Gasteiger partial charge in [0, 0.05) is 11.3 Å². The van der Waals surface area contributed by atoms with Crippen molar-refractivity contribution in [2.24, 2.45) is 50.2 Å². The van der Waals surface area contributed by atoms with Crippen molar-refractivity contribution in [1.82, 2.24) is 0 Å². The first-order valence-corrected chi connectivity index (χ1v) is 14.2. The molecular weight excluding hydrogens is 472 g/mol. The van der Waals surface area contributed by atoms with Gasteiger partial charge in [-0.2, -0.15) is 0 Å². The van der Waals surface area contributed by atoms with Gasteiger partial charge in [0.15, 0.2) is 0 Å². The second-order valence-electron chi connectivity index (χ2n) is 15.3. The first kappa shape index (κ1) is 27.6. The fraction of sp³-hybridized carbons (Fsp3) is 0.900. The Bertz CT molecular complexity index is 1020. The van der Waals surface area contributed by atoms with Crippen molar-refractivity contribution >= 4 is 5.97 Å². The number of hydrogen-bond acceptors (Lipinski definition) is 6. The van der Waals surface area contributed by atoms with Crippen LogP contribution < -0.4 is 0 Å². The molecule has 210 valence electrons. The van der Waals surface area contributed by atoms with Crippen molar-refractivity contribution < 1.29 is 35.4 Å². The van der Waals surface area contributed by atoms with Gasteiger partial charge in [0.25, 0.3) is 0 Å². The van der Waals surface area contributed by atoms with E-state index >= 15 is 0 Å². The number of aliphatic carboxylic acids is 1. The summed E-state index contributed by atoms with van der Waals surface area (Å²) in [6, 6.07) is 0. The van der Waals surface area contributed by atoms with E-state index in [1.807, 2.05) is 27.7 Å². The average Bonchev–Trinajstić information content (AvgIpc) is 2.79. The number of carboxylic acids is 1. The maximum atomic E-state index is 12.9. The van der Waals surface area contributed by atoms with Gasteiger partial charge in [-0.05, 0) is 72.0 Å². The molecular formula is C30H48O7. The molecule has 0 radical (unpaired) electrons. The minimum absolute atomic E-state index is 0.0177. The molecule has 0 aromatic rings. The number of rotatable bonds is 1. The van der Waals surface area contributed by atoms with Crippen LogP contribution in [0.1, 0.15) is 87.0 Å². The molecule has 37 heavy (non-hydrogen) atoms. The molecule has 12 atom stereocenters. The van der Waals surface area contributed by atoms with Crippen LogP contribution in [0.2, 0.25) is 0 Å². The lowest BCUT2D eigenvalue weighted by atomic mass is 9.32. The molecule has 5 rings (SSSR count). The van der Waals surface area contributed by atoms with E-state index in [-0.39, 0.29) is 18.3 Å². The number of aliphatic hydroxyl groups is 5. The predicted octanol–water partition coefficient (Wildman–Crippen LogP) is 3.12. The van der Waals surface area contributed by atoms with E-state index < -0.39 is 74.9 Å². The molecule has 0 heterocycles. The Hall–Kier alpha value is -0.990. The van der Waals surface area contributed by atoms with Crippen LogP contribution >= 0.6 is 0 Å². The molecule has 0 bridgehead atoms. The number of aliphatic hydroxyl groups excluding tert-OH is 5. The van der Waals surface area contributed by atoms with Gasteiger partial charge in [-0.15, -0.1) is 0 Å². The highest BCUT2D eigenvalue weighted by Gasteiger charge is 2.74. The van der Waals surface area contributed by atoms with Crippen LogP contribution in [0.4, 0.5) is 0 Å². The summed E-state index contributed by atoms with van der Waals surface area (Å²) >= 11 is 0. The molecule has 0 unspecified atom stereocenters. The smallest absolute Gasteiger partial charge is 0.312 e. The fourth-order valence-corrected chi connectivity index (χ4v) is 10.8. The molecule has 0 spiro atoms. The highest BCUT2D eigenvalue weighted by molar-refractivity contribution is 5.78. The zero-order valence-corrected chi connectivity index (χ0v) is 23.5. The van der Waals surface area contributed by atoms with Crippen LogP contribution in [0.15, 0.2) is 11.6 Å². The highest BCUT2D eigenvalue weighted by Crippen LogP contribution is 2.75. The number of fused-ring (bicyclic) bond motifs is 7. The van der Waals surface area contributed by atoms with Crippen molar-refractivity contribution in [3.63, 3.8) is 0 Å². The lowest BCUT2D eigenvalue weighted by Crippen LogP contribution is -2.73. The van der Waals surface area contributed by atoms with Gasteiger partial charge in [0.2, 0.25) is 0 Å². The van der Waals surface area contributed by atoms with Crippen LogP contribution in [0.5, 0.6) is 0 Å². The quantitative estimate of drug-likeness (QED) is 0.292. The van der Waals surface area contributed by atoms with Gasteiger partial charge in [-0.3, -0.25) is 4.79 Å². The lowest BCUT2D eigenvalue weighted by Gasteiger charge is -2.72. The Balaban J connectivity index is 1.69. The predicted molar refractivity (Wildman–Crippen MR) is 138 cm³/mol. The number of allylic oxidation sites excluding steroid dienone is 1. The van der Waals surface area contributed by atoms with Crippen molar-refractivity contribution in [3.05, 3.63) is 11.6 Å². The van der Waals surface area contributed by atoms with Gasteiger partial charge in [-0.25, -0.2) is 0 Å². The van der Waals surface area contributed by atoms with E-state index in [0.29, 0.717) is 19.3 Å². The third-order valence-corrected chi connectivity index (χ3v) is 13.4. The van der Waals surface area contributed by atoms with E-state index in [1.54, 1.807) is 0 Å². The summed E-state index contributed by atoms with van der Waals surface area (Å²) in [4.78, 5) is 12.9. The van der Waals surface area contributed by atoms with E-state index in [4.69, 9.17) is 0 Å². The SMILES string of the molecule is CC1(C)CC[C@@]2(C(=O)O)[C@H](C3=CC[C@@H]4[C@@]5(C)[C@H](O)[C@@H](O)[C@H](O)C(C)(C)[C@@H]5CC[C@@]4(C)[C@]3(C)C[C@@H]2O)[C@H]1O. The van der Waals surface area contributed by atoms with E-state index in [1.165, 1.54) is 0 Å². The molecule has 0 amide bonds. The minimum Gasteiger partial charge on any atom is -0.481 e. The normalized spacial score (nSPS) is 56.2. The lowest BCUT2D eigenvalue weighted by molar-refractivity contribution is -0.282. The molecule has 0 saturated heterocycles. The van der Waals surface area contributed by atoms with Crippen LogP contribution in [0.3, 0.4) is 0 Å². The summed E-state index contributed by atoms with van der Waals surface area (Å²) in [5.41, 5.74) is -3.22. The number of carboxylic acid groups (broad SMARTS) is 1. The Morgan fingerprint density at radius 3 is 2.05 bits per heavy atom. The van der Waals surface area contributed by atoms with Crippen LogP contribution in [0.25, 0.3) is 0 Å². The Labute approximate surface area is 221 Å². The van der Waals surface area contributed by atoms with E-state index in [9.17, 15) is 35.4 Å². The summed E-state index contributed by atoms with van der Waals surface area (Å²) in [5, 5.41) is 67.3. The van der Waals surface area contributed by atoms with Gasteiger partial charge in [-0.1, -0.05) is 60.1 Å². The van der Waals surface area contributed by atoms with Gasteiger partial charge in [0.1, 0.15) is 11.5 Å². The zero-order chi connectivity index (χ0) is 27.7. The highest BCUT2D eigenvalue weighted by atomic mass is 16.4. The first-order valence-electron chi connectivity index (χ1n) is 14.2. The van der Waals surface area contributed by atoms with Gasteiger partial charge < -0.3 is 30.6 Å². The van der Waals surface area contributed by atoms with Gasteiger partial charge in [0.05, 0.1) is 24.4 Å². The zero-order valence-electron chi connectivity index (χ0n) is 23.5. The van der Waals surface area contributed by atoms with Crippen LogP contribution in [-0.2, 0) is 4.79 Å². The van der Waals surface area contributed by atoms with Crippen molar-refractivity contribution in [2.45, 2.75) is 118 Å².